The van der Waals surface area contributed by atoms with Gasteiger partial charge in [-0.2, -0.15) is 0 Å². The molecular weight excluding hydrogens is 259 g/mol. The van der Waals surface area contributed by atoms with Gasteiger partial charge in [0, 0.05) is 6.42 Å². The van der Waals surface area contributed by atoms with Crippen molar-refractivity contribution in [3.8, 4) is 0 Å². The van der Waals surface area contributed by atoms with Gasteiger partial charge in [-0.05, 0) is 35.6 Å². The molecule has 2 aromatic rings. The van der Waals surface area contributed by atoms with E-state index in [4.69, 9.17) is 5.11 Å². The van der Waals surface area contributed by atoms with Crippen molar-refractivity contribution in [1.29, 1.82) is 0 Å². The van der Waals surface area contributed by atoms with Gasteiger partial charge in [0.2, 0.25) is 0 Å². The van der Waals surface area contributed by atoms with Crippen LogP contribution in [0.2, 0.25) is 0 Å². The summed E-state index contributed by atoms with van der Waals surface area (Å²) in [5.41, 5.74) is 1.40. The molecule has 1 N–H and O–H groups in total. The number of hydrogen-bond acceptors (Lipinski definition) is 1. The van der Waals surface area contributed by atoms with E-state index in [1.165, 1.54) is 16.3 Å². The molecule has 0 bridgehead atoms. The number of carbonyl (C=O) groups is 1. The van der Waals surface area contributed by atoms with Crippen LogP contribution in [0, 0.1) is 0 Å². The Balaban J connectivity index is 0.00000200. The maximum Gasteiger partial charge on any atom is 1.00 e. The van der Waals surface area contributed by atoms with E-state index in [9.17, 15) is 4.79 Å². The van der Waals surface area contributed by atoms with E-state index in [2.05, 4.69) is 42.5 Å². The first-order chi connectivity index (χ1) is 9.27. The normalized spacial score (nSPS) is 10.2. The van der Waals surface area contributed by atoms with Crippen molar-refractivity contribution in [3.63, 3.8) is 0 Å². The minimum absolute atomic E-state index is 0. The molecular formula is C17H21NaO2. The van der Waals surface area contributed by atoms with Crippen LogP contribution in [0.25, 0.3) is 10.8 Å². The van der Waals surface area contributed by atoms with Crippen molar-refractivity contribution in [2.24, 2.45) is 0 Å². The molecule has 0 spiro atoms. The minimum Gasteiger partial charge on any atom is -1.00 e. The summed E-state index contributed by atoms with van der Waals surface area (Å²) in [7, 11) is 0. The van der Waals surface area contributed by atoms with Crippen molar-refractivity contribution in [1.82, 2.24) is 0 Å². The molecule has 0 aliphatic heterocycles. The smallest absolute Gasteiger partial charge is 1.00 e. The number of carboxylic acid groups (broad SMARTS) is 1. The van der Waals surface area contributed by atoms with Gasteiger partial charge >= 0.3 is 35.5 Å². The van der Waals surface area contributed by atoms with Crippen molar-refractivity contribution in [3.05, 3.63) is 48.0 Å². The van der Waals surface area contributed by atoms with E-state index in [-0.39, 0.29) is 31.0 Å². The second kappa shape index (κ2) is 9.17. The summed E-state index contributed by atoms with van der Waals surface area (Å²) in [5.74, 6) is -0.686. The van der Waals surface area contributed by atoms with E-state index in [1.54, 1.807) is 0 Å². The Morgan fingerprint density at radius 1 is 0.950 bits per heavy atom. The summed E-state index contributed by atoms with van der Waals surface area (Å²) in [6.07, 6.45) is 5.43. The Bertz CT molecular complexity index is 552. The molecule has 0 amide bonds. The summed E-state index contributed by atoms with van der Waals surface area (Å²) in [5, 5.41) is 11.2. The number of fused-ring (bicyclic) bond motifs is 1. The van der Waals surface area contributed by atoms with Crippen LogP contribution in [0.5, 0.6) is 0 Å². The number of hydrogen-bond donors (Lipinski definition) is 1. The molecule has 0 aromatic heterocycles. The van der Waals surface area contributed by atoms with Crippen LogP contribution in [-0.2, 0) is 11.2 Å². The largest absolute Gasteiger partial charge is 1.00 e. The second-order valence-corrected chi connectivity index (χ2v) is 4.95. The molecule has 0 aliphatic carbocycles. The summed E-state index contributed by atoms with van der Waals surface area (Å²) in [6, 6.07) is 14.9. The van der Waals surface area contributed by atoms with Crippen molar-refractivity contribution >= 4 is 16.7 Å². The molecule has 2 rings (SSSR count). The Hall–Kier alpha value is -0.830. The summed E-state index contributed by atoms with van der Waals surface area (Å²) >= 11 is 0. The SMILES string of the molecule is O=C(O)CCCCCCc1cccc2ccccc12.[H-].[Na+]. The predicted octanol–water partition coefficient (Wildman–Crippen LogP) is 1.53. The van der Waals surface area contributed by atoms with E-state index in [1.807, 2.05) is 0 Å². The third kappa shape index (κ3) is 5.28. The Labute approximate surface area is 144 Å². The Kier molecular flexibility index (Phi) is 7.90. The van der Waals surface area contributed by atoms with Crippen molar-refractivity contribution in [2.45, 2.75) is 38.5 Å². The van der Waals surface area contributed by atoms with Crippen molar-refractivity contribution in [2.75, 3.05) is 0 Å². The number of unbranched alkanes of at least 4 members (excludes halogenated alkanes) is 3. The molecule has 20 heavy (non-hydrogen) atoms. The van der Waals surface area contributed by atoms with Gasteiger partial charge in [-0.25, -0.2) is 0 Å². The average Bonchev–Trinajstić information content (AvgIpc) is 2.42. The van der Waals surface area contributed by atoms with Gasteiger partial charge in [0.1, 0.15) is 0 Å². The fourth-order valence-corrected chi connectivity index (χ4v) is 2.46. The first kappa shape index (κ1) is 17.2. The monoisotopic (exact) mass is 280 g/mol. The average molecular weight is 280 g/mol. The molecule has 0 heterocycles. The van der Waals surface area contributed by atoms with Crippen LogP contribution in [0.1, 0.15) is 39.1 Å². The fraction of sp³-hybridized carbons (Fsp3) is 0.353. The molecule has 0 aliphatic rings. The van der Waals surface area contributed by atoms with Gasteiger partial charge in [0.25, 0.3) is 0 Å². The quantitative estimate of drug-likeness (QED) is 0.617. The minimum atomic E-state index is -0.686. The topological polar surface area (TPSA) is 37.3 Å². The van der Waals surface area contributed by atoms with Gasteiger partial charge in [0.05, 0.1) is 0 Å². The van der Waals surface area contributed by atoms with E-state index < -0.39 is 5.97 Å². The number of aryl methyl sites for hydroxylation is 1. The number of rotatable bonds is 7. The molecule has 0 unspecified atom stereocenters. The van der Waals surface area contributed by atoms with E-state index >= 15 is 0 Å². The van der Waals surface area contributed by atoms with E-state index in [0.717, 1.165) is 32.1 Å². The van der Waals surface area contributed by atoms with Crippen LogP contribution in [0.15, 0.2) is 42.5 Å². The zero-order valence-electron chi connectivity index (χ0n) is 13.1. The van der Waals surface area contributed by atoms with Crippen LogP contribution >= 0.6 is 0 Å². The van der Waals surface area contributed by atoms with Gasteiger partial charge in [-0.1, -0.05) is 55.3 Å². The van der Waals surface area contributed by atoms with Gasteiger partial charge in [0.15, 0.2) is 0 Å². The maximum absolute atomic E-state index is 10.4. The van der Waals surface area contributed by atoms with Gasteiger partial charge in [-0.15, -0.1) is 0 Å². The molecule has 0 saturated carbocycles. The molecule has 2 nitrogen and oxygen atoms in total. The first-order valence-corrected chi connectivity index (χ1v) is 6.96. The van der Waals surface area contributed by atoms with Crippen molar-refractivity contribution < 1.29 is 40.9 Å². The van der Waals surface area contributed by atoms with Gasteiger partial charge < -0.3 is 6.53 Å². The van der Waals surface area contributed by atoms with Crippen LogP contribution < -0.4 is 29.6 Å². The van der Waals surface area contributed by atoms with Gasteiger partial charge in [-0.3, -0.25) is 4.79 Å². The van der Waals surface area contributed by atoms with Crippen LogP contribution in [0.4, 0.5) is 0 Å². The second-order valence-electron chi connectivity index (χ2n) is 4.95. The summed E-state index contributed by atoms with van der Waals surface area (Å²) < 4.78 is 0. The fourth-order valence-electron chi connectivity index (χ4n) is 2.46. The molecule has 0 fully saturated rings. The first-order valence-electron chi connectivity index (χ1n) is 6.96. The van der Waals surface area contributed by atoms with Crippen LogP contribution in [-0.4, -0.2) is 11.1 Å². The zero-order chi connectivity index (χ0) is 13.5. The molecule has 0 radical (unpaired) electrons. The molecule has 3 heteroatoms. The Morgan fingerprint density at radius 3 is 2.45 bits per heavy atom. The van der Waals surface area contributed by atoms with E-state index in [0.29, 0.717) is 6.42 Å². The molecule has 0 saturated heterocycles. The summed E-state index contributed by atoms with van der Waals surface area (Å²) in [4.78, 5) is 10.4. The maximum atomic E-state index is 10.4. The molecule has 102 valence electrons. The third-order valence-corrected chi connectivity index (χ3v) is 3.47. The predicted molar refractivity (Wildman–Crippen MR) is 79.5 cm³/mol. The number of benzene rings is 2. The molecule has 2 aromatic carbocycles. The number of carboxylic acids is 1. The Morgan fingerprint density at radius 2 is 1.65 bits per heavy atom. The van der Waals surface area contributed by atoms with Crippen LogP contribution in [0.3, 0.4) is 0 Å². The summed E-state index contributed by atoms with van der Waals surface area (Å²) in [6.45, 7) is 0. The molecule has 0 atom stereocenters. The standard InChI is InChI=1S/C17H20O2.Na.H/c18-17(19)13-4-2-1-3-8-14-10-7-11-15-9-5-6-12-16(14)15;;/h5-7,9-12H,1-4,8,13H2,(H,18,19);;/q;+1;-1. The zero-order valence-corrected chi connectivity index (χ0v) is 14.1. The third-order valence-electron chi connectivity index (χ3n) is 3.47. The number of aliphatic carboxylic acids is 1.